The third-order valence-corrected chi connectivity index (χ3v) is 2.46. The summed E-state index contributed by atoms with van der Waals surface area (Å²) in [5.74, 6) is 0.647. The standard InChI is InChI=1S/C13H15NO4/c1-7(2)17-13-14-10-6-9(16-4)5-8(3)11(10)12(15)18-13/h5-7H,1-4H3. The third-order valence-electron chi connectivity index (χ3n) is 2.46. The van der Waals surface area contributed by atoms with Crippen molar-refractivity contribution in [2.24, 2.45) is 0 Å². The SMILES string of the molecule is COc1cc(C)c2c(=O)oc(OC(C)C)nc2c1. The summed E-state index contributed by atoms with van der Waals surface area (Å²) in [7, 11) is 1.57. The van der Waals surface area contributed by atoms with E-state index in [9.17, 15) is 4.79 Å². The van der Waals surface area contributed by atoms with Gasteiger partial charge < -0.3 is 13.9 Å². The molecule has 1 aromatic carbocycles. The summed E-state index contributed by atoms with van der Waals surface area (Å²) < 4.78 is 15.5. The lowest BCUT2D eigenvalue weighted by Gasteiger charge is -2.08. The Morgan fingerprint density at radius 2 is 2.06 bits per heavy atom. The van der Waals surface area contributed by atoms with Crippen molar-refractivity contribution in [3.05, 3.63) is 28.1 Å². The van der Waals surface area contributed by atoms with Crippen LogP contribution in [0, 0.1) is 6.92 Å². The quantitative estimate of drug-likeness (QED) is 0.835. The molecule has 0 spiro atoms. The second-order valence-electron chi connectivity index (χ2n) is 4.27. The number of ether oxygens (including phenoxy) is 2. The highest BCUT2D eigenvalue weighted by Gasteiger charge is 2.12. The van der Waals surface area contributed by atoms with E-state index in [1.165, 1.54) is 0 Å². The molecule has 0 unspecified atom stereocenters. The van der Waals surface area contributed by atoms with Gasteiger partial charge in [-0.15, -0.1) is 0 Å². The molecule has 0 aliphatic carbocycles. The van der Waals surface area contributed by atoms with Gasteiger partial charge in [0.1, 0.15) is 5.75 Å². The number of fused-ring (bicyclic) bond motifs is 1. The fraction of sp³-hybridized carbons (Fsp3) is 0.385. The van der Waals surface area contributed by atoms with Gasteiger partial charge in [0.15, 0.2) is 0 Å². The molecule has 0 radical (unpaired) electrons. The Balaban J connectivity index is 2.67. The van der Waals surface area contributed by atoms with Crippen LogP contribution in [0.4, 0.5) is 0 Å². The normalized spacial score (nSPS) is 10.9. The van der Waals surface area contributed by atoms with Crippen LogP contribution < -0.4 is 15.1 Å². The largest absolute Gasteiger partial charge is 0.497 e. The number of aromatic nitrogens is 1. The molecule has 96 valence electrons. The van der Waals surface area contributed by atoms with E-state index in [1.807, 2.05) is 20.8 Å². The van der Waals surface area contributed by atoms with Crippen molar-refractivity contribution >= 4 is 10.9 Å². The van der Waals surface area contributed by atoms with Crippen LogP contribution in [0.15, 0.2) is 21.3 Å². The Labute approximate surface area is 104 Å². The first-order chi connectivity index (χ1) is 8.51. The Hall–Kier alpha value is -2.04. The Kier molecular flexibility index (Phi) is 3.23. The van der Waals surface area contributed by atoms with Crippen molar-refractivity contribution in [2.75, 3.05) is 7.11 Å². The highest BCUT2D eigenvalue weighted by atomic mass is 16.6. The average molecular weight is 249 g/mol. The minimum atomic E-state index is -0.448. The summed E-state index contributed by atoms with van der Waals surface area (Å²) in [6, 6.07) is 3.45. The number of nitrogens with zero attached hydrogens (tertiary/aromatic N) is 1. The average Bonchev–Trinajstić information content (AvgIpc) is 2.26. The lowest BCUT2D eigenvalue weighted by atomic mass is 10.1. The predicted molar refractivity (Wildman–Crippen MR) is 67.3 cm³/mol. The molecular formula is C13H15NO4. The summed E-state index contributed by atoms with van der Waals surface area (Å²) in [5, 5.41) is 0.451. The molecule has 5 nitrogen and oxygen atoms in total. The van der Waals surface area contributed by atoms with E-state index in [0.717, 1.165) is 5.56 Å². The molecule has 0 N–H and O–H groups in total. The van der Waals surface area contributed by atoms with E-state index in [-0.39, 0.29) is 12.2 Å². The highest BCUT2D eigenvalue weighted by molar-refractivity contribution is 5.82. The van der Waals surface area contributed by atoms with E-state index in [2.05, 4.69) is 4.98 Å². The van der Waals surface area contributed by atoms with Gasteiger partial charge in [0, 0.05) is 6.07 Å². The Morgan fingerprint density at radius 1 is 1.33 bits per heavy atom. The first-order valence-corrected chi connectivity index (χ1v) is 5.67. The van der Waals surface area contributed by atoms with Crippen LogP contribution in [0.2, 0.25) is 0 Å². The smallest absolute Gasteiger partial charge is 0.397 e. The number of hydrogen-bond donors (Lipinski definition) is 0. The summed E-state index contributed by atoms with van der Waals surface area (Å²) in [4.78, 5) is 16.1. The maximum atomic E-state index is 11.9. The molecule has 1 heterocycles. The second kappa shape index (κ2) is 4.68. The van der Waals surface area contributed by atoms with E-state index >= 15 is 0 Å². The summed E-state index contributed by atoms with van der Waals surface area (Å²) in [5.41, 5.74) is 0.830. The Morgan fingerprint density at radius 3 is 2.67 bits per heavy atom. The zero-order chi connectivity index (χ0) is 13.3. The molecule has 0 fully saturated rings. The molecule has 0 saturated heterocycles. The van der Waals surface area contributed by atoms with Crippen molar-refractivity contribution in [2.45, 2.75) is 26.9 Å². The molecule has 0 amide bonds. The van der Waals surface area contributed by atoms with Gasteiger partial charge in [0.2, 0.25) is 0 Å². The van der Waals surface area contributed by atoms with Gasteiger partial charge in [-0.3, -0.25) is 0 Å². The van der Waals surface area contributed by atoms with Gasteiger partial charge in [-0.1, -0.05) is 0 Å². The van der Waals surface area contributed by atoms with Crippen LogP contribution in [0.5, 0.6) is 11.8 Å². The van der Waals surface area contributed by atoms with Crippen molar-refractivity contribution in [3.63, 3.8) is 0 Å². The number of benzene rings is 1. The number of rotatable bonds is 3. The molecule has 18 heavy (non-hydrogen) atoms. The zero-order valence-electron chi connectivity index (χ0n) is 10.8. The van der Waals surface area contributed by atoms with Gasteiger partial charge in [0.05, 0.1) is 24.1 Å². The molecule has 1 aromatic heterocycles. The number of hydrogen-bond acceptors (Lipinski definition) is 5. The van der Waals surface area contributed by atoms with E-state index in [1.54, 1.807) is 19.2 Å². The van der Waals surface area contributed by atoms with Crippen LogP contribution in [-0.2, 0) is 0 Å². The Bertz CT molecular complexity index is 631. The van der Waals surface area contributed by atoms with Crippen molar-refractivity contribution in [1.29, 1.82) is 0 Å². The van der Waals surface area contributed by atoms with E-state index < -0.39 is 5.63 Å². The van der Waals surface area contributed by atoms with Crippen LogP contribution in [0.3, 0.4) is 0 Å². The molecule has 2 aromatic rings. The number of methoxy groups -OCH3 is 1. The first-order valence-electron chi connectivity index (χ1n) is 5.67. The van der Waals surface area contributed by atoms with Crippen LogP contribution in [0.1, 0.15) is 19.4 Å². The molecule has 0 aliphatic rings. The minimum Gasteiger partial charge on any atom is -0.497 e. The van der Waals surface area contributed by atoms with Crippen molar-refractivity contribution in [3.8, 4) is 11.8 Å². The zero-order valence-corrected chi connectivity index (χ0v) is 10.8. The van der Waals surface area contributed by atoms with Crippen LogP contribution >= 0.6 is 0 Å². The molecule has 0 aliphatic heterocycles. The predicted octanol–water partition coefficient (Wildman–Crippen LogP) is 2.29. The molecule has 0 bridgehead atoms. The lowest BCUT2D eigenvalue weighted by Crippen LogP contribution is -2.11. The summed E-state index contributed by atoms with van der Waals surface area (Å²) in [6.45, 7) is 5.48. The van der Waals surface area contributed by atoms with Gasteiger partial charge in [-0.05, 0) is 32.4 Å². The van der Waals surface area contributed by atoms with E-state index in [4.69, 9.17) is 13.9 Å². The number of aryl methyl sites for hydroxylation is 1. The minimum absolute atomic E-state index is 0.0184. The first kappa shape index (κ1) is 12.4. The van der Waals surface area contributed by atoms with Gasteiger partial charge in [0.25, 0.3) is 0 Å². The lowest BCUT2D eigenvalue weighted by molar-refractivity contribution is 0.166. The monoisotopic (exact) mass is 249 g/mol. The third kappa shape index (κ3) is 2.30. The molecule has 0 saturated carbocycles. The van der Waals surface area contributed by atoms with Gasteiger partial charge in [-0.2, -0.15) is 4.98 Å². The van der Waals surface area contributed by atoms with Gasteiger partial charge in [-0.25, -0.2) is 4.79 Å². The highest BCUT2D eigenvalue weighted by Crippen LogP contribution is 2.23. The molecule has 5 heteroatoms. The molecule has 2 rings (SSSR count). The maximum absolute atomic E-state index is 11.9. The van der Waals surface area contributed by atoms with Crippen molar-refractivity contribution in [1.82, 2.24) is 4.98 Å². The van der Waals surface area contributed by atoms with Gasteiger partial charge >= 0.3 is 11.7 Å². The topological polar surface area (TPSA) is 61.6 Å². The van der Waals surface area contributed by atoms with Crippen LogP contribution in [-0.4, -0.2) is 18.2 Å². The van der Waals surface area contributed by atoms with Crippen molar-refractivity contribution < 1.29 is 13.9 Å². The van der Waals surface area contributed by atoms with E-state index in [0.29, 0.717) is 16.7 Å². The fourth-order valence-electron chi connectivity index (χ4n) is 1.71. The second-order valence-corrected chi connectivity index (χ2v) is 4.27. The fourth-order valence-corrected chi connectivity index (χ4v) is 1.71. The summed E-state index contributed by atoms with van der Waals surface area (Å²) >= 11 is 0. The maximum Gasteiger partial charge on any atom is 0.397 e. The molecular weight excluding hydrogens is 234 g/mol. The molecule has 0 atom stereocenters. The summed E-state index contributed by atoms with van der Waals surface area (Å²) in [6.07, 6.45) is -0.125. The van der Waals surface area contributed by atoms with Crippen LogP contribution in [0.25, 0.3) is 10.9 Å².